The smallest absolute Gasteiger partial charge is 0.122 e. The van der Waals surface area contributed by atoms with Crippen LogP contribution in [0.5, 0.6) is 0 Å². The lowest BCUT2D eigenvalue weighted by atomic mass is 10.2. The summed E-state index contributed by atoms with van der Waals surface area (Å²) in [7, 11) is 1.92. The van der Waals surface area contributed by atoms with Crippen molar-refractivity contribution >= 4 is 17.4 Å². The Bertz CT molecular complexity index is 500. The molecule has 0 saturated carbocycles. The molecule has 0 unspecified atom stereocenters. The zero-order valence-electron chi connectivity index (χ0n) is 9.69. The van der Waals surface area contributed by atoms with Crippen molar-refractivity contribution in [2.45, 2.75) is 23.8 Å². The second kappa shape index (κ2) is 4.22. The third-order valence-corrected chi connectivity index (χ3v) is 3.63. The maximum Gasteiger partial charge on any atom is 0.122 e. The fraction of sp³-hybridized carbons (Fsp3) is 0.250. The topological polar surface area (TPSA) is 43.8 Å². The maximum absolute atomic E-state index is 5.98. The lowest BCUT2D eigenvalue weighted by molar-refractivity contribution is 0.693. The van der Waals surface area contributed by atoms with E-state index in [4.69, 9.17) is 5.73 Å². The minimum absolute atomic E-state index is 0.771. The fourth-order valence-corrected chi connectivity index (χ4v) is 2.42. The van der Waals surface area contributed by atoms with Gasteiger partial charge in [0, 0.05) is 11.9 Å². The van der Waals surface area contributed by atoms with Crippen molar-refractivity contribution in [2.24, 2.45) is 7.05 Å². The van der Waals surface area contributed by atoms with Crippen LogP contribution in [0, 0.1) is 13.8 Å². The molecule has 3 nitrogen and oxygen atoms in total. The predicted octanol–water partition coefficient (Wildman–Crippen LogP) is 2.77. The Hall–Kier alpha value is -1.42. The van der Waals surface area contributed by atoms with Gasteiger partial charge in [0.1, 0.15) is 5.03 Å². The highest BCUT2D eigenvalue weighted by Gasteiger charge is 2.10. The molecular weight excluding hydrogens is 218 g/mol. The molecule has 2 aromatic rings. The Labute approximate surface area is 99.7 Å². The number of anilines is 1. The van der Waals surface area contributed by atoms with Gasteiger partial charge in [-0.25, -0.2) is 0 Å². The first-order valence-electron chi connectivity index (χ1n) is 5.11. The van der Waals surface area contributed by atoms with Crippen LogP contribution in [0.3, 0.4) is 0 Å². The normalized spacial score (nSPS) is 10.7. The number of nitrogens with zero attached hydrogens (tertiary/aromatic N) is 2. The average Bonchev–Trinajstić information content (AvgIpc) is 2.48. The van der Waals surface area contributed by atoms with Gasteiger partial charge >= 0.3 is 0 Å². The first-order chi connectivity index (χ1) is 7.58. The van der Waals surface area contributed by atoms with E-state index in [1.54, 1.807) is 11.8 Å². The highest BCUT2D eigenvalue weighted by Crippen LogP contribution is 2.33. The van der Waals surface area contributed by atoms with Crippen LogP contribution in [0.15, 0.2) is 34.2 Å². The number of hydrogen-bond donors (Lipinski definition) is 1. The van der Waals surface area contributed by atoms with Crippen molar-refractivity contribution in [3.05, 3.63) is 35.5 Å². The lowest BCUT2D eigenvalue weighted by Crippen LogP contribution is -1.93. The van der Waals surface area contributed by atoms with Gasteiger partial charge in [-0.05, 0) is 26.0 Å². The van der Waals surface area contributed by atoms with Crippen molar-refractivity contribution in [3.8, 4) is 0 Å². The molecular formula is C12H15N3S. The summed E-state index contributed by atoms with van der Waals surface area (Å²) >= 11 is 1.65. The Morgan fingerprint density at radius 2 is 1.81 bits per heavy atom. The summed E-state index contributed by atoms with van der Waals surface area (Å²) in [5, 5.41) is 5.30. The van der Waals surface area contributed by atoms with Crippen LogP contribution in [-0.4, -0.2) is 9.78 Å². The van der Waals surface area contributed by atoms with E-state index in [1.165, 1.54) is 10.5 Å². The number of nitrogens with two attached hydrogens (primary N) is 1. The second-order valence-corrected chi connectivity index (χ2v) is 4.91. The number of benzene rings is 1. The van der Waals surface area contributed by atoms with Crippen LogP contribution >= 0.6 is 11.8 Å². The molecule has 16 heavy (non-hydrogen) atoms. The molecule has 1 aromatic heterocycles. The van der Waals surface area contributed by atoms with Gasteiger partial charge in [-0.2, -0.15) is 5.10 Å². The molecule has 0 bridgehead atoms. The zero-order valence-corrected chi connectivity index (χ0v) is 10.5. The van der Waals surface area contributed by atoms with Gasteiger partial charge in [0.25, 0.3) is 0 Å². The largest absolute Gasteiger partial charge is 0.395 e. The van der Waals surface area contributed by atoms with Gasteiger partial charge < -0.3 is 5.73 Å². The Morgan fingerprint density at radius 3 is 2.31 bits per heavy atom. The van der Waals surface area contributed by atoms with Gasteiger partial charge in [-0.1, -0.05) is 29.5 Å². The first kappa shape index (κ1) is 11.1. The van der Waals surface area contributed by atoms with Crippen LogP contribution in [0.1, 0.15) is 11.3 Å². The molecule has 0 spiro atoms. The lowest BCUT2D eigenvalue weighted by Gasteiger charge is -2.03. The molecule has 1 aromatic carbocycles. The van der Waals surface area contributed by atoms with Gasteiger partial charge in [-0.3, -0.25) is 4.68 Å². The quantitative estimate of drug-likeness (QED) is 0.867. The molecule has 0 aliphatic carbocycles. The molecule has 1 heterocycles. The van der Waals surface area contributed by atoms with Crippen LogP contribution in [0.25, 0.3) is 0 Å². The van der Waals surface area contributed by atoms with Crippen molar-refractivity contribution in [3.63, 3.8) is 0 Å². The maximum atomic E-state index is 5.98. The molecule has 0 saturated heterocycles. The zero-order chi connectivity index (χ0) is 11.7. The van der Waals surface area contributed by atoms with Crippen molar-refractivity contribution in [2.75, 3.05) is 5.73 Å². The molecule has 2 rings (SSSR count). The van der Waals surface area contributed by atoms with Gasteiger partial charge in [0.2, 0.25) is 0 Å². The summed E-state index contributed by atoms with van der Waals surface area (Å²) in [5.74, 6) is 0. The average molecular weight is 233 g/mol. The van der Waals surface area contributed by atoms with E-state index >= 15 is 0 Å². The van der Waals surface area contributed by atoms with Crippen LogP contribution in [-0.2, 0) is 7.05 Å². The molecule has 84 valence electrons. The molecule has 0 aliphatic heterocycles. The van der Waals surface area contributed by atoms with E-state index in [0.29, 0.717) is 0 Å². The monoisotopic (exact) mass is 233 g/mol. The van der Waals surface area contributed by atoms with Gasteiger partial charge in [0.15, 0.2) is 0 Å². The third-order valence-electron chi connectivity index (χ3n) is 2.45. The summed E-state index contributed by atoms with van der Waals surface area (Å²) in [6.07, 6.45) is 0. The summed E-state index contributed by atoms with van der Waals surface area (Å²) < 4.78 is 1.83. The van der Waals surface area contributed by atoms with Crippen LogP contribution in [0.4, 0.5) is 5.69 Å². The highest BCUT2D eigenvalue weighted by atomic mass is 32.2. The fourth-order valence-electron chi connectivity index (χ4n) is 1.49. The summed E-state index contributed by atoms with van der Waals surface area (Å²) in [6, 6.07) is 8.40. The third kappa shape index (κ3) is 2.07. The molecule has 0 fully saturated rings. The number of rotatable bonds is 2. The van der Waals surface area contributed by atoms with E-state index in [2.05, 4.69) is 36.3 Å². The molecule has 0 aliphatic rings. The second-order valence-electron chi connectivity index (χ2n) is 3.84. The molecule has 0 radical (unpaired) electrons. The van der Waals surface area contributed by atoms with Crippen molar-refractivity contribution in [1.82, 2.24) is 9.78 Å². The first-order valence-corrected chi connectivity index (χ1v) is 5.93. The van der Waals surface area contributed by atoms with E-state index in [9.17, 15) is 0 Å². The highest BCUT2D eigenvalue weighted by molar-refractivity contribution is 7.99. The van der Waals surface area contributed by atoms with E-state index in [0.717, 1.165) is 16.4 Å². The number of nitrogen functional groups attached to an aromatic ring is 1. The summed E-state index contributed by atoms with van der Waals surface area (Å²) in [5.41, 5.74) is 8.90. The van der Waals surface area contributed by atoms with E-state index in [-0.39, 0.29) is 0 Å². The number of aryl methyl sites for hydroxylation is 3. The minimum Gasteiger partial charge on any atom is -0.395 e. The Morgan fingerprint density at radius 1 is 1.19 bits per heavy atom. The number of aromatic nitrogens is 2. The van der Waals surface area contributed by atoms with Crippen molar-refractivity contribution < 1.29 is 0 Å². The SMILES string of the molecule is Cc1ccc(Sc2c(N)c(C)nn2C)cc1. The molecule has 0 atom stereocenters. The van der Waals surface area contributed by atoms with E-state index in [1.807, 2.05) is 18.7 Å². The van der Waals surface area contributed by atoms with Crippen LogP contribution < -0.4 is 5.73 Å². The van der Waals surface area contributed by atoms with Gasteiger partial charge in [0.05, 0.1) is 11.4 Å². The molecule has 0 amide bonds. The van der Waals surface area contributed by atoms with Gasteiger partial charge in [-0.15, -0.1) is 0 Å². The predicted molar refractivity (Wildman–Crippen MR) is 67.7 cm³/mol. The number of hydrogen-bond acceptors (Lipinski definition) is 3. The summed E-state index contributed by atoms with van der Waals surface area (Å²) in [4.78, 5) is 1.18. The molecule has 2 N–H and O–H groups in total. The minimum atomic E-state index is 0.771. The Balaban J connectivity index is 2.30. The molecule has 4 heteroatoms. The van der Waals surface area contributed by atoms with E-state index < -0.39 is 0 Å². The Kier molecular flexibility index (Phi) is 2.92. The standard InChI is InChI=1S/C12H15N3S/c1-8-4-6-10(7-5-8)16-12-11(13)9(2)14-15(12)3/h4-7H,13H2,1-3H3. The summed E-state index contributed by atoms with van der Waals surface area (Å²) in [6.45, 7) is 4.01. The van der Waals surface area contributed by atoms with Crippen molar-refractivity contribution in [1.29, 1.82) is 0 Å². The van der Waals surface area contributed by atoms with Crippen LogP contribution in [0.2, 0.25) is 0 Å².